The Hall–Kier alpha value is -2.55. The molecule has 0 atom stereocenters. The van der Waals surface area contributed by atoms with Gasteiger partial charge in [-0.2, -0.15) is 0 Å². The van der Waals surface area contributed by atoms with Gasteiger partial charge in [0, 0.05) is 36.6 Å². The van der Waals surface area contributed by atoms with Gasteiger partial charge in [-0.1, -0.05) is 11.6 Å². The molecular weight excluding hydrogens is 450 g/mol. The van der Waals surface area contributed by atoms with E-state index in [0.717, 1.165) is 80.7 Å². The average Bonchev–Trinajstić information content (AvgIpc) is 2.84. The summed E-state index contributed by atoms with van der Waals surface area (Å²) in [6.07, 6.45) is 11.0. The Balaban J connectivity index is 1.03. The molecule has 0 unspecified atom stereocenters. The molecule has 0 amide bonds. The first-order chi connectivity index (χ1) is 16.6. The van der Waals surface area contributed by atoms with Crippen molar-refractivity contribution in [3.63, 3.8) is 0 Å². The van der Waals surface area contributed by atoms with Gasteiger partial charge >= 0.3 is 0 Å². The van der Waals surface area contributed by atoms with Crippen molar-refractivity contribution in [1.82, 2.24) is 25.3 Å². The Labute approximate surface area is 205 Å². The summed E-state index contributed by atoms with van der Waals surface area (Å²) in [6.45, 7) is 5.58. The van der Waals surface area contributed by atoms with Crippen molar-refractivity contribution >= 4 is 34.3 Å². The number of fused-ring (bicyclic) bond motifs is 1. The van der Waals surface area contributed by atoms with E-state index in [-0.39, 0.29) is 5.54 Å². The number of hydrogen-bond acceptors (Lipinski definition) is 8. The molecule has 1 saturated carbocycles. The minimum absolute atomic E-state index is 0.133. The summed E-state index contributed by atoms with van der Waals surface area (Å²) in [5, 5.41) is 12.0. The van der Waals surface area contributed by atoms with E-state index in [9.17, 15) is 0 Å². The lowest BCUT2D eigenvalue weighted by Crippen LogP contribution is -2.58. The standard InChI is InChI=1S/C25H32ClN7O/c1-25(15-34-16-25)31-11-8-18-13-29-24(30-14-18)28-12-17-2-5-20(6-3-17)32-21-7-4-19-9-10-27-23(26)22(19)33-21/h4,7,9-10,13-14,17,20,31H,2-3,5-6,8,11-12,15-16H2,1H3,(H,32,33)(H,28,29,30). The van der Waals surface area contributed by atoms with Crippen LogP contribution in [0.4, 0.5) is 11.8 Å². The predicted octanol–water partition coefficient (Wildman–Crippen LogP) is 4.08. The maximum absolute atomic E-state index is 6.21. The zero-order valence-electron chi connectivity index (χ0n) is 19.6. The number of hydrogen-bond donors (Lipinski definition) is 3. The van der Waals surface area contributed by atoms with Gasteiger partial charge in [0.05, 0.1) is 18.8 Å². The normalized spacial score (nSPS) is 21.7. The van der Waals surface area contributed by atoms with Gasteiger partial charge in [-0.15, -0.1) is 0 Å². The molecule has 0 bridgehead atoms. The number of aromatic nitrogens is 4. The molecule has 4 heterocycles. The Morgan fingerprint density at radius 2 is 1.85 bits per heavy atom. The van der Waals surface area contributed by atoms with E-state index in [4.69, 9.17) is 16.3 Å². The molecule has 1 aliphatic carbocycles. The minimum atomic E-state index is 0.133. The highest BCUT2D eigenvalue weighted by Gasteiger charge is 2.32. The van der Waals surface area contributed by atoms with Gasteiger partial charge in [-0.05, 0) is 75.3 Å². The van der Waals surface area contributed by atoms with Crippen LogP contribution in [0.25, 0.3) is 10.9 Å². The lowest BCUT2D eigenvalue weighted by Gasteiger charge is -2.39. The Bertz CT molecular complexity index is 1100. The Kier molecular flexibility index (Phi) is 7.08. The first kappa shape index (κ1) is 23.2. The molecule has 3 aromatic heterocycles. The monoisotopic (exact) mass is 481 g/mol. The summed E-state index contributed by atoms with van der Waals surface area (Å²) >= 11 is 6.21. The predicted molar refractivity (Wildman–Crippen MR) is 135 cm³/mol. The molecular formula is C25H32ClN7O. The number of halogens is 1. The molecule has 34 heavy (non-hydrogen) atoms. The molecule has 9 heteroatoms. The smallest absolute Gasteiger partial charge is 0.222 e. The number of anilines is 2. The largest absolute Gasteiger partial charge is 0.377 e. The first-order valence-corrected chi connectivity index (χ1v) is 12.5. The summed E-state index contributed by atoms with van der Waals surface area (Å²) in [4.78, 5) is 17.8. The molecule has 8 nitrogen and oxygen atoms in total. The van der Waals surface area contributed by atoms with Gasteiger partial charge in [0.25, 0.3) is 0 Å². The summed E-state index contributed by atoms with van der Waals surface area (Å²) in [7, 11) is 0. The molecule has 2 aliphatic rings. The molecule has 1 aliphatic heterocycles. The third-order valence-corrected chi connectivity index (χ3v) is 7.10. The number of pyridine rings is 2. The molecule has 5 rings (SSSR count). The van der Waals surface area contributed by atoms with Crippen LogP contribution < -0.4 is 16.0 Å². The van der Waals surface area contributed by atoms with Crippen LogP contribution in [0.5, 0.6) is 0 Å². The topological polar surface area (TPSA) is 96.9 Å². The van der Waals surface area contributed by atoms with Crippen LogP contribution in [-0.4, -0.2) is 57.8 Å². The Morgan fingerprint density at radius 1 is 1.06 bits per heavy atom. The van der Waals surface area contributed by atoms with E-state index < -0.39 is 0 Å². The fraction of sp³-hybridized carbons (Fsp3) is 0.520. The summed E-state index contributed by atoms with van der Waals surface area (Å²) in [5.74, 6) is 2.20. The maximum Gasteiger partial charge on any atom is 0.222 e. The second-order valence-electron chi connectivity index (χ2n) is 9.76. The summed E-state index contributed by atoms with van der Waals surface area (Å²) < 4.78 is 5.28. The van der Waals surface area contributed by atoms with Crippen molar-refractivity contribution < 1.29 is 4.74 Å². The van der Waals surface area contributed by atoms with Crippen molar-refractivity contribution in [2.45, 2.75) is 50.6 Å². The molecule has 1 saturated heterocycles. The Morgan fingerprint density at radius 3 is 2.59 bits per heavy atom. The fourth-order valence-corrected chi connectivity index (χ4v) is 4.85. The molecule has 3 N–H and O–H groups in total. The highest BCUT2D eigenvalue weighted by molar-refractivity contribution is 6.33. The second-order valence-corrected chi connectivity index (χ2v) is 10.1. The van der Waals surface area contributed by atoms with Crippen LogP contribution in [0.1, 0.15) is 38.2 Å². The van der Waals surface area contributed by atoms with E-state index in [1.165, 1.54) is 0 Å². The summed E-state index contributed by atoms with van der Waals surface area (Å²) in [6, 6.07) is 6.41. The zero-order valence-corrected chi connectivity index (χ0v) is 20.3. The van der Waals surface area contributed by atoms with Crippen LogP contribution >= 0.6 is 11.6 Å². The molecule has 3 aromatic rings. The van der Waals surface area contributed by atoms with Crippen LogP contribution in [0, 0.1) is 5.92 Å². The zero-order chi connectivity index (χ0) is 23.4. The molecule has 2 fully saturated rings. The fourth-order valence-electron chi connectivity index (χ4n) is 4.64. The number of nitrogens with zero attached hydrogens (tertiary/aromatic N) is 4. The van der Waals surface area contributed by atoms with Crippen LogP contribution in [-0.2, 0) is 11.2 Å². The first-order valence-electron chi connectivity index (χ1n) is 12.1. The quantitative estimate of drug-likeness (QED) is 0.393. The third kappa shape index (κ3) is 5.74. The van der Waals surface area contributed by atoms with Gasteiger partial charge in [0.1, 0.15) is 11.3 Å². The molecule has 0 aromatic carbocycles. The molecule has 0 radical (unpaired) electrons. The van der Waals surface area contributed by atoms with Gasteiger partial charge in [-0.3, -0.25) is 0 Å². The average molecular weight is 482 g/mol. The van der Waals surface area contributed by atoms with Crippen molar-refractivity contribution in [2.24, 2.45) is 5.92 Å². The van der Waals surface area contributed by atoms with E-state index in [0.29, 0.717) is 23.1 Å². The van der Waals surface area contributed by atoms with Crippen molar-refractivity contribution in [3.05, 3.63) is 47.5 Å². The van der Waals surface area contributed by atoms with E-state index >= 15 is 0 Å². The number of rotatable bonds is 9. The maximum atomic E-state index is 6.21. The summed E-state index contributed by atoms with van der Waals surface area (Å²) in [5.41, 5.74) is 2.03. The van der Waals surface area contributed by atoms with Crippen molar-refractivity contribution in [3.8, 4) is 0 Å². The lowest BCUT2D eigenvalue weighted by molar-refractivity contribution is -0.0636. The van der Waals surface area contributed by atoms with E-state index in [1.54, 1.807) is 6.20 Å². The van der Waals surface area contributed by atoms with Crippen LogP contribution in [0.3, 0.4) is 0 Å². The van der Waals surface area contributed by atoms with Crippen LogP contribution in [0.2, 0.25) is 5.15 Å². The van der Waals surface area contributed by atoms with Gasteiger partial charge < -0.3 is 20.7 Å². The van der Waals surface area contributed by atoms with E-state index in [1.807, 2.05) is 30.6 Å². The van der Waals surface area contributed by atoms with Crippen LogP contribution in [0.15, 0.2) is 36.8 Å². The van der Waals surface area contributed by atoms with Gasteiger partial charge in [0.15, 0.2) is 5.15 Å². The number of nitrogens with one attached hydrogen (secondary N) is 3. The minimum Gasteiger partial charge on any atom is -0.377 e. The van der Waals surface area contributed by atoms with Gasteiger partial charge in [0.2, 0.25) is 5.95 Å². The second kappa shape index (κ2) is 10.4. The molecule has 0 spiro atoms. The SMILES string of the molecule is CC1(NCCc2cnc(NCC3CCC(Nc4ccc5ccnc(Cl)c5n4)CC3)nc2)COC1. The highest BCUT2D eigenvalue weighted by Crippen LogP contribution is 2.28. The molecule has 180 valence electrons. The van der Waals surface area contributed by atoms with Gasteiger partial charge in [-0.25, -0.2) is 19.9 Å². The highest BCUT2D eigenvalue weighted by atomic mass is 35.5. The van der Waals surface area contributed by atoms with E-state index in [2.05, 4.69) is 42.8 Å². The number of ether oxygens (including phenoxy) is 1. The third-order valence-electron chi connectivity index (χ3n) is 6.82. The lowest BCUT2D eigenvalue weighted by atomic mass is 9.86. The van der Waals surface area contributed by atoms with Crippen molar-refractivity contribution in [2.75, 3.05) is 36.9 Å². The van der Waals surface area contributed by atoms with Crippen molar-refractivity contribution in [1.29, 1.82) is 0 Å².